The summed E-state index contributed by atoms with van der Waals surface area (Å²) in [4.78, 5) is 11.9. The highest BCUT2D eigenvalue weighted by Crippen LogP contribution is 2.27. The van der Waals surface area contributed by atoms with Crippen molar-refractivity contribution in [2.75, 3.05) is 0 Å². The number of rotatable bonds is 8. The SMILES string of the molecule is C=C(C)C(=O)OCc1cc(CCc2ccc(CO)cc2)ccc1-c1ccc(C)cc1. The fraction of sp³-hybridized carbons (Fsp3) is 0.222. The molecule has 0 aliphatic rings. The smallest absolute Gasteiger partial charge is 0.333 e. The van der Waals surface area contributed by atoms with E-state index in [1.807, 2.05) is 12.1 Å². The highest BCUT2D eigenvalue weighted by Gasteiger charge is 2.11. The number of aliphatic hydroxyl groups is 1. The van der Waals surface area contributed by atoms with Crippen LogP contribution in [0, 0.1) is 6.92 Å². The Morgan fingerprint density at radius 3 is 2.13 bits per heavy atom. The second-order valence-corrected chi connectivity index (χ2v) is 7.69. The lowest BCUT2D eigenvalue weighted by Gasteiger charge is -2.13. The van der Waals surface area contributed by atoms with Crippen molar-refractivity contribution in [1.82, 2.24) is 0 Å². The molecule has 0 atom stereocenters. The van der Waals surface area contributed by atoms with Gasteiger partial charge in [-0.2, -0.15) is 0 Å². The molecule has 154 valence electrons. The van der Waals surface area contributed by atoms with E-state index in [1.54, 1.807) is 6.92 Å². The third-order valence-electron chi connectivity index (χ3n) is 5.15. The average Bonchev–Trinajstić information content (AvgIpc) is 2.77. The highest BCUT2D eigenvalue weighted by atomic mass is 16.5. The zero-order valence-electron chi connectivity index (χ0n) is 17.7. The van der Waals surface area contributed by atoms with Crippen LogP contribution in [0.15, 0.2) is 78.9 Å². The molecule has 0 heterocycles. The minimum Gasteiger partial charge on any atom is -0.457 e. The van der Waals surface area contributed by atoms with E-state index in [2.05, 4.69) is 68.1 Å². The van der Waals surface area contributed by atoms with Gasteiger partial charge in [-0.1, -0.05) is 78.9 Å². The fourth-order valence-electron chi connectivity index (χ4n) is 3.30. The number of aliphatic hydroxyl groups excluding tert-OH is 1. The summed E-state index contributed by atoms with van der Waals surface area (Å²) in [7, 11) is 0. The van der Waals surface area contributed by atoms with Crippen molar-refractivity contribution >= 4 is 5.97 Å². The lowest BCUT2D eigenvalue weighted by molar-refractivity contribution is -0.140. The van der Waals surface area contributed by atoms with Crippen LogP contribution in [-0.2, 0) is 35.6 Å². The van der Waals surface area contributed by atoms with Crippen LogP contribution < -0.4 is 0 Å². The van der Waals surface area contributed by atoms with E-state index in [-0.39, 0.29) is 19.2 Å². The van der Waals surface area contributed by atoms with Gasteiger partial charge in [0.2, 0.25) is 0 Å². The van der Waals surface area contributed by atoms with Gasteiger partial charge >= 0.3 is 5.97 Å². The Morgan fingerprint density at radius 1 is 0.900 bits per heavy atom. The number of carbonyl (C=O) groups is 1. The molecule has 3 aromatic carbocycles. The Balaban J connectivity index is 1.81. The van der Waals surface area contributed by atoms with Crippen molar-refractivity contribution < 1.29 is 14.6 Å². The largest absolute Gasteiger partial charge is 0.457 e. The minimum atomic E-state index is -0.376. The van der Waals surface area contributed by atoms with Crippen LogP contribution >= 0.6 is 0 Å². The molecule has 0 bridgehead atoms. The Labute approximate surface area is 178 Å². The van der Waals surface area contributed by atoms with Gasteiger partial charge in [0.05, 0.1) is 6.61 Å². The monoisotopic (exact) mass is 400 g/mol. The van der Waals surface area contributed by atoms with Gasteiger partial charge in [-0.3, -0.25) is 0 Å². The third-order valence-corrected chi connectivity index (χ3v) is 5.15. The summed E-state index contributed by atoms with van der Waals surface area (Å²) in [5.74, 6) is -0.376. The second-order valence-electron chi connectivity index (χ2n) is 7.69. The van der Waals surface area contributed by atoms with Gasteiger partial charge in [-0.05, 0) is 60.1 Å². The summed E-state index contributed by atoms with van der Waals surface area (Å²) in [5.41, 5.74) is 8.11. The molecule has 3 aromatic rings. The van der Waals surface area contributed by atoms with Crippen molar-refractivity contribution in [2.24, 2.45) is 0 Å². The number of benzene rings is 3. The van der Waals surface area contributed by atoms with Gasteiger partial charge in [-0.15, -0.1) is 0 Å². The maximum absolute atomic E-state index is 11.9. The molecule has 3 heteroatoms. The van der Waals surface area contributed by atoms with E-state index >= 15 is 0 Å². The molecule has 3 nitrogen and oxygen atoms in total. The molecule has 0 unspecified atom stereocenters. The topological polar surface area (TPSA) is 46.5 Å². The number of hydrogen-bond acceptors (Lipinski definition) is 3. The van der Waals surface area contributed by atoms with Gasteiger partial charge < -0.3 is 9.84 Å². The highest BCUT2D eigenvalue weighted by molar-refractivity contribution is 5.87. The van der Waals surface area contributed by atoms with E-state index in [0.29, 0.717) is 5.57 Å². The molecule has 0 aliphatic heterocycles. The minimum absolute atomic E-state index is 0.0625. The van der Waals surface area contributed by atoms with Gasteiger partial charge in [0, 0.05) is 5.57 Å². The second kappa shape index (κ2) is 10.0. The fourth-order valence-corrected chi connectivity index (χ4v) is 3.30. The molecule has 0 fully saturated rings. The number of hydrogen-bond donors (Lipinski definition) is 1. The normalized spacial score (nSPS) is 10.6. The molecule has 0 aliphatic carbocycles. The van der Waals surface area contributed by atoms with Crippen molar-refractivity contribution in [2.45, 2.75) is 39.9 Å². The van der Waals surface area contributed by atoms with Gasteiger partial charge in [0.25, 0.3) is 0 Å². The summed E-state index contributed by atoms with van der Waals surface area (Å²) in [6, 6.07) is 22.8. The molecule has 0 amide bonds. The molecular weight excluding hydrogens is 372 g/mol. The Morgan fingerprint density at radius 2 is 1.50 bits per heavy atom. The average molecular weight is 401 g/mol. The molecule has 3 rings (SSSR count). The summed E-state index contributed by atoms with van der Waals surface area (Å²) in [6.45, 7) is 7.66. The van der Waals surface area contributed by atoms with Crippen molar-refractivity contribution in [1.29, 1.82) is 0 Å². The van der Waals surface area contributed by atoms with Gasteiger partial charge in [-0.25, -0.2) is 4.79 Å². The quantitative estimate of drug-likeness (QED) is 0.398. The molecular formula is C27H28O3. The first-order valence-electron chi connectivity index (χ1n) is 10.2. The van der Waals surface area contributed by atoms with Crippen LogP contribution in [0.2, 0.25) is 0 Å². The first-order valence-corrected chi connectivity index (χ1v) is 10.2. The molecule has 1 N–H and O–H groups in total. The lowest BCUT2D eigenvalue weighted by Crippen LogP contribution is -2.06. The van der Waals surface area contributed by atoms with Crippen LogP contribution in [-0.4, -0.2) is 11.1 Å². The zero-order valence-corrected chi connectivity index (χ0v) is 17.7. The van der Waals surface area contributed by atoms with E-state index in [4.69, 9.17) is 4.74 Å². The molecule has 0 saturated carbocycles. The standard InChI is InChI=1S/C27H28O3/c1-19(2)27(29)30-18-25-16-22(9-6-21-7-10-23(17-28)11-8-21)12-15-26(25)24-13-4-20(3)5-14-24/h4-5,7-8,10-16,28H,1,6,9,17-18H2,2-3H3. The first kappa shape index (κ1) is 21.5. The maximum atomic E-state index is 11.9. The summed E-state index contributed by atoms with van der Waals surface area (Å²) in [5, 5.41) is 9.18. The Bertz CT molecular complexity index is 1010. The third kappa shape index (κ3) is 5.68. The molecule has 0 saturated heterocycles. The molecule has 0 radical (unpaired) electrons. The maximum Gasteiger partial charge on any atom is 0.333 e. The molecule has 0 aromatic heterocycles. The number of carbonyl (C=O) groups excluding carboxylic acids is 1. The molecule has 30 heavy (non-hydrogen) atoms. The number of aryl methyl sites for hydroxylation is 3. The number of ether oxygens (including phenoxy) is 1. The summed E-state index contributed by atoms with van der Waals surface area (Å²) in [6.07, 6.45) is 1.79. The summed E-state index contributed by atoms with van der Waals surface area (Å²) >= 11 is 0. The van der Waals surface area contributed by atoms with Crippen LogP contribution in [0.3, 0.4) is 0 Å². The Hall–Kier alpha value is -3.17. The first-order chi connectivity index (χ1) is 14.5. The van der Waals surface area contributed by atoms with E-state index in [1.165, 1.54) is 16.7 Å². The van der Waals surface area contributed by atoms with E-state index in [9.17, 15) is 9.90 Å². The van der Waals surface area contributed by atoms with Crippen LogP contribution in [0.5, 0.6) is 0 Å². The Kier molecular flexibility index (Phi) is 7.21. The van der Waals surface area contributed by atoms with Crippen LogP contribution in [0.4, 0.5) is 0 Å². The van der Waals surface area contributed by atoms with Crippen LogP contribution in [0.1, 0.15) is 34.7 Å². The van der Waals surface area contributed by atoms with Gasteiger partial charge in [0.15, 0.2) is 0 Å². The van der Waals surface area contributed by atoms with Crippen molar-refractivity contribution in [3.63, 3.8) is 0 Å². The predicted molar refractivity (Wildman–Crippen MR) is 121 cm³/mol. The van der Waals surface area contributed by atoms with Crippen molar-refractivity contribution in [3.05, 3.63) is 107 Å². The van der Waals surface area contributed by atoms with Crippen molar-refractivity contribution in [3.8, 4) is 11.1 Å². The summed E-state index contributed by atoms with van der Waals surface area (Å²) < 4.78 is 5.46. The van der Waals surface area contributed by atoms with Crippen LogP contribution in [0.25, 0.3) is 11.1 Å². The van der Waals surface area contributed by atoms with E-state index < -0.39 is 0 Å². The molecule has 0 spiro atoms. The number of esters is 1. The van der Waals surface area contributed by atoms with E-state index in [0.717, 1.165) is 35.1 Å². The predicted octanol–water partition coefficient (Wildman–Crippen LogP) is 5.56. The van der Waals surface area contributed by atoms with Gasteiger partial charge in [0.1, 0.15) is 6.61 Å². The zero-order chi connectivity index (χ0) is 21.5. The lowest BCUT2D eigenvalue weighted by atomic mass is 9.95.